The lowest BCUT2D eigenvalue weighted by Gasteiger charge is -2.28. The maximum absolute atomic E-state index is 4.21. The number of rotatable bonds is 6. The van der Waals surface area contributed by atoms with Gasteiger partial charge in [0.25, 0.3) is 0 Å². The van der Waals surface area contributed by atoms with E-state index < -0.39 is 0 Å². The second-order valence-corrected chi connectivity index (χ2v) is 5.05. The second-order valence-electron chi connectivity index (χ2n) is 3.52. The average molecular weight is 277 g/mol. The van der Waals surface area contributed by atoms with Gasteiger partial charge in [0, 0.05) is 23.5 Å². The van der Waals surface area contributed by atoms with E-state index in [1.54, 1.807) is 6.20 Å². The number of nitrogens with one attached hydrogen (secondary N) is 1. The van der Waals surface area contributed by atoms with Gasteiger partial charge in [0.1, 0.15) is 0 Å². The molecular weight excluding hydrogens is 260 g/mol. The van der Waals surface area contributed by atoms with Crippen LogP contribution in [0.4, 0.5) is 0 Å². The summed E-state index contributed by atoms with van der Waals surface area (Å²) >= 11 is 5.42. The predicted octanol–water partition coefficient (Wildman–Crippen LogP) is 3.70. The molecule has 0 aliphatic heterocycles. The van der Waals surface area contributed by atoms with Crippen LogP contribution < -0.4 is 0 Å². The number of nitrogens with zero attached hydrogens (tertiary/aromatic N) is 1. The Balaban J connectivity index is 2.48. The maximum Gasteiger partial charge on any atom is 0.165 e. The Kier molecular flexibility index (Phi) is 5.02. The number of imidazole rings is 1. The van der Waals surface area contributed by atoms with Gasteiger partial charge in [-0.1, -0.05) is 41.5 Å². The van der Waals surface area contributed by atoms with Gasteiger partial charge in [0.15, 0.2) is 5.16 Å². The number of hydrogen-bond donors (Lipinski definition) is 1. The van der Waals surface area contributed by atoms with Gasteiger partial charge < -0.3 is 4.98 Å². The highest BCUT2D eigenvalue weighted by molar-refractivity contribution is 9.09. The highest BCUT2D eigenvalue weighted by atomic mass is 79.9. The van der Waals surface area contributed by atoms with E-state index in [4.69, 9.17) is 0 Å². The first-order chi connectivity index (χ1) is 6.76. The van der Waals surface area contributed by atoms with Crippen LogP contribution in [0, 0.1) is 5.41 Å². The lowest BCUT2D eigenvalue weighted by molar-refractivity contribution is 0.359. The summed E-state index contributed by atoms with van der Waals surface area (Å²) in [5.41, 5.74) is 0.414. The van der Waals surface area contributed by atoms with Crippen molar-refractivity contribution in [2.75, 3.05) is 11.1 Å². The summed E-state index contributed by atoms with van der Waals surface area (Å²) in [6.45, 7) is 4.51. The minimum absolute atomic E-state index is 0.414. The molecule has 0 atom stereocenters. The number of thioether (sulfide) groups is 1. The van der Waals surface area contributed by atoms with Gasteiger partial charge >= 0.3 is 0 Å². The Hall–Kier alpha value is 0.0400. The van der Waals surface area contributed by atoms with E-state index in [1.165, 1.54) is 12.8 Å². The van der Waals surface area contributed by atoms with Crippen LogP contribution in [0.2, 0.25) is 0 Å². The Morgan fingerprint density at radius 2 is 2.21 bits per heavy atom. The van der Waals surface area contributed by atoms with E-state index >= 15 is 0 Å². The van der Waals surface area contributed by atoms with Crippen molar-refractivity contribution in [3.63, 3.8) is 0 Å². The van der Waals surface area contributed by atoms with Crippen molar-refractivity contribution in [3.05, 3.63) is 12.4 Å². The van der Waals surface area contributed by atoms with Gasteiger partial charge in [0.05, 0.1) is 0 Å². The number of hydrogen-bond acceptors (Lipinski definition) is 2. The van der Waals surface area contributed by atoms with E-state index in [1.807, 2.05) is 18.0 Å². The highest BCUT2D eigenvalue weighted by Crippen LogP contribution is 2.34. The van der Waals surface area contributed by atoms with Gasteiger partial charge in [-0.2, -0.15) is 0 Å². The quantitative estimate of drug-likeness (QED) is 0.634. The zero-order valence-electron chi connectivity index (χ0n) is 8.72. The SMILES string of the molecule is CCC(CC)(CBr)CSc1ncc[nH]1. The number of alkyl halides is 1. The minimum Gasteiger partial charge on any atom is -0.340 e. The van der Waals surface area contributed by atoms with E-state index in [-0.39, 0.29) is 0 Å². The first kappa shape index (κ1) is 12.1. The molecule has 0 saturated heterocycles. The molecule has 0 aromatic carbocycles. The summed E-state index contributed by atoms with van der Waals surface area (Å²) in [5.74, 6) is 1.12. The molecule has 0 saturated carbocycles. The van der Waals surface area contributed by atoms with Crippen LogP contribution in [0.15, 0.2) is 17.6 Å². The lowest BCUT2D eigenvalue weighted by atomic mass is 9.87. The molecule has 0 radical (unpaired) electrons. The molecule has 2 nitrogen and oxygen atoms in total. The average Bonchev–Trinajstić information content (AvgIpc) is 2.74. The topological polar surface area (TPSA) is 28.7 Å². The van der Waals surface area contributed by atoms with Crippen LogP contribution >= 0.6 is 27.7 Å². The number of halogens is 1. The molecular formula is C10H17BrN2S. The molecule has 1 aromatic heterocycles. The smallest absolute Gasteiger partial charge is 0.165 e. The fourth-order valence-corrected chi connectivity index (χ4v) is 3.73. The first-order valence-corrected chi connectivity index (χ1v) is 7.05. The van der Waals surface area contributed by atoms with Crippen molar-refractivity contribution in [1.82, 2.24) is 9.97 Å². The largest absolute Gasteiger partial charge is 0.340 e. The third-order valence-electron chi connectivity index (χ3n) is 2.77. The van der Waals surface area contributed by atoms with Crippen LogP contribution in [0.3, 0.4) is 0 Å². The molecule has 14 heavy (non-hydrogen) atoms. The predicted molar refractivity (Wildman–Crippen MR) is 66.1 cm³/mol. The zero-order chi connectivity index (χ0) is 10.4. The third-order valence-corrected chi connectivity index (χ3v) is 5.21. The molecule has 0 aliphatic rings. The Labute approximate surface area is 98.4 Å². The molecule has 0 unspecified atom stereocenters. The lowest BCUT2D eigenvalue weighted by Crippen LogP contribution is -2.23. The Morgan fingerprint density at radius 1 is 1.50 bits per heavy atom. The molecule has 0 bridgehead atoms. The molecule has 0 fully saturated rings. The molecule has 0 spiro atoms. The summed E-state index contributed by atoms with van der Waals surface area (Å²) in [6, 6.07) is 0. The molecule has 4 heteroatoms. The first-order valence-electron chi connectivity index (χ1n) is 4.94. The van der Waals surface area contributed by atoms with Crippen LogP contribution in [-0.4, -0.2) is 21.1 Å². The molecule has 0 amide bonds. The molecule has 0 aliphatic carbocycles. The van der Waals surface area contributed by atoms with E-state index in [2.05, 4.69) is 39.7 Å². The Morgan fingerprint density at radius 3 is 2.64 bits per heavy atom. The molecule has 1 N–H and O–H groups in total. The van der Waals surface area contributed by atoms with Crippen molar-refractivity contribution >= 4 is 27.7 Å². The zero-order valence-corrected chi connectivity index (χ0v) is 11.1. The molecule has 1 rings (SSSR count). The van der Waals surface area contributed by atoms with Crippen LogP contribution in [0.5, 0.6) is 0 Å². The van der Waals surface area contributed by atoms with Crippen molar-refractivity contribution in [3.8, 4) is 0 Å². The maximum atomic E-state index is 4.21. The summed E-state index contributed by atoms with van der Waals surface area (Å²) in [4.78, 5) is 7.33. The fourth-order valence-electron chi connectivity index (χ4n) is 1.23. The van der Waals surface area contributed by atoms with Gasteiger partial charge in [-0.15, -0.1) is 0 Å². The van der Waals surface area contributed by atoms with Gasteiger partial charge in [0.2, 0.25) is 0 Å². The van der Waals surface area contributed by atoms with Gasteiger partial charge in [-0.05, 0) is 18.3 Å². The van der Waals surface area contributed by atoms with Crippen LogP contribution in [-0.2, 0) is 0 Å². The highest BCUT2D eigenvalue weighted by Gasteiger charge is 2.25. The van der Waals surface area contributed by atoms with Crippen molar-refractivity contribution in [1.29, 1.82) is 0 Å². The van der Waals surface area contributed by atoms with Crippen molar-refractivity contribution < 1.29 is 0 Å². The summed E-state index contributed by atoms with van der Waals surface area (Å²) < 4.78 is 0. The molecule has 1 aromatic rings. The molecule has 80 valence electrons. The number of aromatic nitrogens is 2. The third kappa shape index (κ3) is 3.02. The monoisotopic (exact) mass is 276 g/mol. The standard InChI is InChI=1S/C10H17BrN2S/c1-3-10(4-2,7-11)8-14-9-12-5-6-13-9/h5-6H,3-4,7-8H2,1-2H3,(H,12,13). The van der Waals surface area contributed by atoms with Crippen LogP contribution in [0.1, 0.15) is 26.7 Å². The second kappa shape index (κ2) is 5.81. The summed E-state index contributed by atoms with van der Waals surface area (Å²) in [6.07, 6.45) is 6.09. The van der Waals surface area contributed by atoms with Gasteiger partial charge in [-0.25, -0.2) is 4.98 Å². The van der Waals surface area contributed by atoms with Gasteiger partial charge in [-0.3, -0.25) is 0 Å². The van der Waals surface area contributed by atoms with Crippen molar-refractivity contribution in [2.45, 2.75) is 31.8 Å². The molecule has 1 heterocycles. The van der Waals surface area contributed by atoms with E-state index in [0.717, 1.165) is 16.2 Å². The minimum atomic E-state index is 0.414. The number of aromatic amines is 1. The fraction of sp³-hybridized carbons (Fsp3) is 0.700. The summed E-state index contributed by atoms with van der Waals surface area (Å²) in [5, 5.41) is 2.10. The van der Waals surface area contributed by atoms with Crippen LogP contribution in [0.25, 0.3) is 0 Å². The Bertz CT molecular complexity index is 236. The summed E-state index contributed by atoms with van der Waals surface area (Å²) in [7, 11) is 0. The number of H-pyrrole nitrogens is 1. The van der Waals surface area contributed by atoms with E-state index in [9.17, 15) is 0 Å². The van der Waals surface area contributed by atoms with E-state index in [0.29, 0.717) is 5.41 Å². The normalized spacial score (nSPS) is 11.9. The van der Waals surface area contributed by atoms with Crippen molar-refractivity contribution in [2.24, 2.45) is 5.41 Å².